The second-order valence-corrected chi connectivity index (χ2v) is 2.60. The van der Waals surface area contributed by atoms with Crippen LogP contribution in [0.5, 0.6) is 0 Å². The Labute approximate surface area is 49.9 Å². The average molecular weight is 115 g/mol. The molecule has 0 aromatic rings. The Balaban J connectivity index is 2.23. The summed E-state index contributed by atoms with van der Waals surface area (Å²) in [5.74, 6) is 0.700. The highest BCUT2D eigenvalue weighted by atomic mass is 16.3. The molecule has 0 spiro atoms. The largest absolute Gasteiger partial charge is 0.379 e. The Morgan fingerprint density at radius 1 is 1.62 bits per heavy atom. The van der Waals surface area contributed by atoms with Gasteiger partial charge in [-0.3, -0.25) is 5.32 Å². The lowest BCUT2D eigenvalue weighted by Gasteiger charge is -2.23. The van der Waals surface area contributed by atoms with Gasteiger partial charge >= 0.3 is 0 Å². The molecule has 0 bridgehead atoms. The van der Waals surface area contributed by atoms with Crippen LogP contribution in [-0.4, -0.2) is 17.9 Å². The van der Waals surface area contributed by atoms with E-state index in [0.29, 0.717) is 5.92 Å². The van der Waals surface area contributed by atoms with Crippen LogP contribution in [-0.2, 0) is 0 Å². The summed E-state index contributed by atoms with van der Waals surface area (Å²) in [5, 5.41) is 11.9. The standard InChI is InChI=1S/C6H13NO/c1-5-2-3-7-6(8)4-5/h5-8H,2-4H2,1H3. The fourth-order valence-corrected chi connectivity index (χ4v) is 1.08. The van der Waals surface area contributed by atoms with E-state index in [0.717, 1.165) is 13.0 Å². The first kappa shape index (κ1) is 6.05. The van der Waals surface area contributed by atoms with E-state index in [-0.39, 0.29) is 6.23 Å². The number of rotatable bonds is 0. The van der Waals surface area contributed by atoms with E-state index in [2.05, 4.69) is 12.2 Å². The molecule has 1 fully saturated rings. The van der Waals surface area contributed by atoms with Crippen molar-refractivity contribution in [3.8, 4) is 0 Å². The molecule has 0 aromatic carbocycles. The number of piperidine rings is 1. The van der Waals surface area contributed by atoms with E-state index in [1.54, 1.807) is 0 Å². The number of hydrogen-bond donors (Lipinski definition) is 2. The molecule has 2 unspecified atom stereocenters. The second kappa shape index (κ2) is 2.46. The minimum atomic E-state index is -0.237. The predicted octanol–water partition coefficient (Wildman–Crippen LogP) is 0.324. The summed E-state index contributed by atoms with van der Waals surface area (Å²) in [6.45, 7) is 3.15. The zero-order valence-corrected chi connectivity index (χ0v) is 5.22. The highest BCUT2D eigenvalue weighted by molar-refractivity contribution is 4.67. The van der Waals surface area contributed by atoms with Crippen molar-refractivity contribution in [3.05, 3.63) is 0 Å². The number of hydrogen-bond acceptors (Lipinski definition) is 2. The second-order valence-electron chi connectivity index (χ2n) is 2.60. The number of aliphatic hydroxyl groups excluding tert-OH is 1. The van der Waals surface area contributed by atoms with Crippen molar-refractivity contribution in [1.29, 1.82) is 0 Å². The Morgan fingerprint density at radius 2 is 2.38 bits per heavy atom. The maximum atomic E-state index is 8.97. The van der Waals surface area contributed by atoms with Crippen LogP contribution in [0.15, 0.2) is 0 Å². The van der Waals surface area contributed by atoms with Crippen LogP contribution in [0.25, 0.3) is 0 Å². The van der Waals surface area contributed by atoms with Gasteiger partial charge in [-0.25, -0.2) is 0 Å². The molecule has 1 saturated heterocycles. The van der Waals surface area contributed by atoms with Gasteiger partial charge in [0, 0.05) is 0 Å². The lowest BCUT2D eigenvalue weighted by Crippen LogP contribution is -2.36. The molecule has 1 heterocycles. The van der Waals surface area contributed by atoms with E-state index in [1.165, 1.54) is 6.42 Å². The van der Waals surface area contributed by atoms with Crippen LogP contribution in [0.4, 0.5) is 0 Å². The summed E-state index contributed by atoms with van der Waals surface area (Å²) < 4.78 is 0. The van der Waals surface area contributed by atoms with Gasteiger partial charge in [-0.05, 0) is 25.3 Å². The van der Waals surface area contributed by atoms with E-state index in [1.807, 2.05) is 0 Å². The molecular weight excluding hydrogens is 102 g/mol. The molecule has 1 aliphatic rings. The smallest absolute Gasteiger partial charge is 0.105 e. The van der Waals surface area contributed by atoms with Gasteiger partial charge in [-0.15, -0.1) is 0 Å². The van der Waals surface area contributed by atoms with E-state index >= 15 is 0 Å². The normalized spacial score (nSPS) is 39.8. The molecule has 1 aliphatic heterocycles. The molecular formula is C6H13NO. The van der Waals surface area contributed by atoms with Crippen LogP contribution in [0.3, 0.4) is 0 Å². The average Bonchev–Trinajstić information content (AvgIpc) is 1.64. The molecule has 2 heteroatoms. The molecule has 0 saturated carbocycles. The Morgan fingerprint density at radius 3 is 2.75 bits per heavy atom. The molecule has 2 atom stereocenters. The van der Waals surface area contributed by atoms with Gasteiger partial charge in [-0.2, -0.15) is 0 Å². The van der Waals surface area contributed by atoms with Crippen molar-refractivity contribution in [2.45, 2.75) is 26.0 Å². The van der Waals surface area contributed by atoms with Gasteiger partial charge in [0.25, 0.3) is 0 Å². The fraction of sp³-hybridized carbons (Fsp3) is 1.00. The Kier molecular flexibility index (Phi) is 1.86. The summed E-state index contributed by atoms with van der Waals surface area (Å²) in [5.41, 5.74) is 0. The van der Waals surface area contributed by atoms with Crippen molar-refractivity contribution in [2.75, 3.05) is 6.54 Å². The Bertz CT molecular complexity index is 66.9. The highest BCUT2D eigenvalue weighted by Crippen LogP contribution is 2.12. The summed E-state index contributed by atoms with van der Waals surface area (Å²) >= 11 is 0. The van der Waals surface area contributed by atoms with E-state index < -0.39 is 0 Å². The molecule has 48 valence electrons. The number of aliphatic hydroxyl groups is 1. The third-order valence-electron chi connectivity index (χ3n) is 1.64. The zero-order valence-electron chi connectivity index (χ0n) is 5.22. The van der Waals surface area contributed by atoms with Crippen LogP contribution >= 0.6 is 0 Å². The highest BCUT2D eigenvalue weighted by Gasteiger charge is 2.14. The minimum Gasteiger partial charge on any atom is -0.379 e. The summed E-state index contributed by atoms with van der Waals surface area (Å²) in [7, 11) is 0. The summed E-state index contributed by atoms with van der Waals surface area (Å²) in [6, 6.07) is 0. The van der Waals surface area contributed by atoms with Crippen LogP contribution in [0, 0.1) is 5.92 Å². The van der Waals surface area contributed by atoms with Crippen molar-refractivity contribution in [1.82, 2.24) is 5.32 Å². The molecule has 1 rings (SSSR count). The van der Waals surface area contributed by atoms with Crippen molar-refractivity contribution < 1.29 is 5.11 Å². The maximum Gasteiger partial charge on any atom is 0.105 e. The lowest BCUT2D eigenvalue weighted by molar-refractivity contribution is 0.0857. The molecule has 8 heavy (non-hydrogen) atoms. The van der Waals surface area contributed by atoms with E-state index in [9.17, 15) is 0 Å². The van der Waals surface area contributed by atoms with Crippen molar-refractivity contribution in [2.24, 2.45) is 5.92 Å². The topological polar surface area (TPSA) is 32.3 Å². The van der Waals surface area contributed by atoms with Crippen molar-refractivity contribution >= 4 is 0 Å². The minimum absolute atomic E-state index is 0.237. The molecule has 0 aromatic heterocycles. The van der Waals surface area contributed by atoms with E-state index in [4.69, 9.17) is 5.11 Å². The first-order chi connectivity index (χ1) is 3.79. The van der Waals surface area contributed by atoms with Gasteiger partial charge in [-0.1, -0.05) is 6.92 Å². The molecule has 0 radical (unpaired) electrons. The summed E-state index contributed by atoms with van der Waals surface area (Å²) in [6.07, 6.45) is 1.88. The van der Waals surface area contributed by atoms with Crippen LogP contribution in [0.1, 0.15) is 19.8 Å². The summed E-state index contributed by atoms with van der Waals surface area (Å²) in [4.78, 5) is 0. The van der Waals surface area contributed by atoms with Gasteiger partial charge in [0.15, 0.2) is 0 Å². The van der Waals surface area contributed by atoms with Crippen LogP contribution < -0.4 is 5.32 Å². The van der Waals surface area contributed by atoms with Gasteiger partial charge in [0.05, 0.1) is 0 Å². The Hall–Kier alpha value is -0.0800. The fourth-order valence-electron chi connectivity index (χ4n) is 1.08. The quantitative estimate of drug-likeness (QED) is 0.476. The SMILES string of the molecule is CC1CCNC(O)C1. The first-order valence-corrected chi connectivity index (χ1v) is 3.20. The molecule has 0 amide bonds. The van der Waals surface area contributed by atoms with Crippen LogP contribution in [0.2, 0.25) is 0 Å². The maximum absolute atomic E-state index is 8.97. The third kappa shape index (κ3) is 1.46. The van der Waals surface area contributed by atoms with Gasteiger partial charge in [0.2, 0.25) is 0 Å². The zero-order chi connectivity index (χ0) is 5.98. The lowest BCUT2D eigenvalue weighted by atomic mass is 10.00. The molecule has 2 nitrogen and oxygen atoms in total. The van der Waals surface area contributed by atoms with Crippen molar-refractivity contribution in [3.63, 3.8) is 0 Å². The first-order valence-electron chi connectivity index (χ1n) is 3.20. The van der Waals surface area contributed by atoms with Gasteiger partial charge in [0.1, 0.15) is 6.23 Å². The predicted molar refractivity (Wildman–Crippen MR) is 32.4 cm³/mol. The molecule has 0 aliphatic carbocycles. The number of nitrogens with one attached hydrogen (secondary N) is 1. The third-order valence-corrected chi connectivity index (χ3v) is 1.64. The monoisotopic (exact) mass is 115 g/mol. The molecule has 2 N–H and O–H groups in total. The van der Waals surface area contributed by atoms with Gasteiger partial charge < -0.3 is 5.11 Å².